The smallest absolute Gasteiger partial charge is 0.338 e. The lowest BCUT2D eigenvalue weighted by Gasteiger charge is -2.11. The Hall–Kier alpha value is -1.35. The molecule has 1 atom stereocenters. The van der Waals surface area contributed by atoms with Crippen LogP contribution < -0.4 is 0 Å². The number of benzene rings is 1. The van der Waals surface area contributed by atoms with Gasteiger partial charge < -0.3 is 9.84 Å². The molecule has 1 rings (SSSR count). The van der Waals surface area contributed by atoms with Crippen LogP contribution in [0.2, 0.25) is 0 Å². The Morgan fingerprint density at radius 2 is 1.94 bits per heavy atom. The summed E-state index contributed by atoms with van der Waals surface area (Å²) in [5.41, 5.74) is 0.524. The number of hydrogen-bond acceptors (Lipinski definition) is 3. The predicted molar refractivity (Wildman–Crippen MR) is 71.5 cm³/mol. The molecule has 0 heterocycles. The number of aliphatic hydroxyl groups excluding tert-OH is 1. The van der Waals surface area contributed by atoms with Crippen molar-refractivity contribution in [2.45, 2.75) is 45.1 Å². The minimum atomic E-state index is -0.547. The third-order valence-corrected chi connectivity index (χ3v) is 2.81. The number of esters is 1. The number of hydrogen-bond donors (Lipinski definition) is 1. The summed E-state index contributed by atoms with van der Waals surface area (Å²) in [7, 11) is 0. The van der Waals surface area contributed by atoms with E-state index in [9.17, 15) is 9.90 Å². The first-order valence-corrected chi connectivity index (χ1v) is 6.64. The summed E-state index contributed by atoms with van der Waals surface area (Å²) in [6.07, 6.45) is 4.63. The molecule has 0 aliphatic rings. The van der Waals surface area contributed by atoms with Crippen LogP contribution in [0, 0.1) is 0 Å². The molecule has 0 unspecified atom stereocenters. The molecule has 100 valence electrons. The van der Waals surface area contributed by atoms with E-state index in [-0.39, 0.29) is 12.6 Å². The van der Waals surface area contributed by atoms with E-state index in [4.69, 9.17) is 4.74 Å². The van der Waals surface area contributed by atoms with Crippen LogP contribution in [-0.4, -0.2) is 23.8 Å². The molecule has 0 aliphatic carbocycles. The molecule has 0 saturated heterocycles. The molecule has 0 amide bonds. The monoisotopic (exact) mass is 250 g/mol. The third-order valence-electron chi connectivity index (χ3n) is 2.81. The van der Waals surface area contributed by atoms with Gasteiger partial charge in [-0.3, -0.25) is 0 Å². The first-order chi connectivity index (χ1) is 8.74. The van der Waals surface area contributed by atoms with E-state index in [0.717, 1.165) is 12.8 Å². The molecule has 0 bridgehead atoms. The van der Waals surface area contributed by atoms with Gasteiger partial charge in [0.05, 0.1) is 11.7 Å². The van der Waals surface area contributed by atoms with Crippen molar-refractivity contribution in [3.05, 3.63) is 35.9 Å². The maximum absolute atomic E-state index is 11.6. The highest BCUT2D eigenvalue weighted by molar-refractivity contribution is 5.89. The van der Waals surface area contributed by atoms with Gasteiger partial charge in [-0.15, -0.1) is 0 Å². The lowest BCUT2D eigenvalue weighted by molar-refractivity contribution is 0.0233. The van der Waals surface area contributed by atoms with Crippen molar-refractivity contribution < 1.29 is 14.6 Å². The van der Waals surface area contributed by atoms with Crippen LogP contribution in [0.3, 0.4) is 0 Å². The average Bonchev–Trinajstić information content (AvgIpc) is 2.42. The quantitative estimate of drug-likeness (QED) is 0.569. The van der Waals surface area contributed by atoms with Crippen molar-refractivity contribution in [2.75, 3.05) is 6.61 Å². The lowest BCUT2D eigenvalue weighted by Crippen LogP contribution is -2.18. The van der Waals surface area contributed by atoms with Crippen molar-refractivity contribution in [2.24, 2.45) is 0 Å². The minimum absolute atomic E-state index is 0.0832. The Morgan fingerprint density at radius 1 is 1.22 bits per heavy atom. The third kappa shape index (κ3) is 5.82. The highest BCUT2D eigenvalue weighted by Gasteiger charge is 2.10. The van der Waals surface area contributed by atoms with Crippen LogP contribution in [0.5, 0.6) is 0 Å². The number of ether oxygens (including phenoxy) is 1. The molecule has 0 aliphatic heterocycles. The Morgan fingerprint density at radius 3 is 2.61 bits per heavy atom. The molecule has 3 nitrogen and oxygen atoms in total. The highest BCUT2D eigenvalue weighted by Crippen LogP contribution is 2.07. The zero-order chi connectivity index (χ0) is 13.2. The van der Waals surface area contributed by atoms with E-state index in [1.807, 2.05) is 6.07 Å². The van der Waals surface area contributed by atoms with Gasteiger partial charge in [0, 0.05) is 0 Å². The summed E-state index contributed by atoms with van der Waals surface area (Å²) in [4.78, 5) is 11.6. The molecule has 18 heavy (non-hydrogen) atoms. The molecular formula is C15H22O3. The second-order valence-corrected chi connectivity index (χ2v) is 4.47. The van der Waals surface area contributed by atoms with E-state index in [0.29, 0.717) is 12.0 Å². The van der Waals surface area contributed by atoms with Crippen LogP contribution in [0.25, 0.3) is 0 Å². The Bertz CT molecular complexity index is 335. The van der Waals surface area contributed by atoms with Gasteiger partial charge >= 0.3 is 5.97 Å². The van der Waals surface area contributed by atoms with Gasteiger partial charge in [-0.25, -0.2) is 4.79 Å². The molecule has 0 saturated carbocycles. The Kier molecular flexibility index (Phi) is 7.11. The SMILES string of the molecule is CCCCCC[C@H](O)COC(=O)c1ccccc1. The van der Waals surface area contributed by atoms with E-state index in [1.54, 1.807) is 24.3 Å². The summed E-state index contributed by atoms with van der Waals surface area (Å²) in [5, 5.41) is 9.67. The fourth-order valence-electron chi connectivity index (χ4n) is 1.72. The van der Waals surface area contributed by atoms with Crippen molar-refractivity contribution >= 4 is 5.97 Å². The van der Waals surface area contributed by atoms with Crippen LogP contribution in [0.1, 0.15) is 49.4 Å². The van der Waals surface area contributed by atoms with Crippen molar-refractivity contribution in [1.82, 2.24) is 0 Å². The second kappa shape index (κ2) is 8.70. The van der Waals surface area contributed by atoms with E-state index >= 15 is 0 Å². The summed E-state index contributed by atoms with van der Waals surface area (Å²) in [6, 6.07) is 8.83. The molecule has 1 aromatic carbocycles. The summed E-state index contributed by atoms with van der Waals surface area (Å²) in [5.74, 6) is -0.372. The summed E-state index contributed by atoms with van der Waals surface area (Å²) < 4.78 is 5.06. The zero-order valence-corrected chi connectivity index (χ0v) is 11.0. The van der Waals surface area contributed by atoms with Gasteiger partial charge in [-0.1, -0.05) is 50.8 Å². The Balaban J connectivity index is 2.18. The Labute approximate surface area is 109 Å². The number of carbonyl (C=O) groups excluding carboxylic acids is 1. The topological polar surface area (TPSA) is 46.5 Å². The molecule has 1 N–H and O–H groups in total. The van der Waals surface area contributed by atoms with Crippen molar-refractivity contribution in [3.8, 4) is 0 Å². The average molecular weight is 250 g/mol. The number of aliphatic hydroxyl groups is 1. The number of carbonyl (C=O) groups is 1. The normalized spacial score (nSPS) is 12.1. The van der Waals surface area contributed by atoms with Gasteiger partial charge in [0.15, 0.2) is 0 Å². The number of unbranched alkanes of at least 4 members (excludes halogenated alkanes) is 3. The molecule has 0 fully saturated rings. The van der Waals surface area contributed by atoms with Crippen LogP contribution in [0.4, 0.5) is 0 Å². The van der Waals surface area contributed by atoms with Crippen molar-refractivity contribution in [3.63, 3.8) is 0 Å². The minimum Gasteiger partial charge on any atom is -0.459 e. The summed E-state index contributed by atoms with van der Waals surface area (Å²) in [6.45, 7) is 2.23. The maximum atomic E-state index is 11.6. The maximum Gasteiger partial charge on any atom is 0.338 e. The van der Waals surface area contributed by atoms with Gasteiger partial charge in [0.25, 0.3) is 0 Å². The van der Waals surface area contributed by atoms with Crippen LogP contribution in [-0.2, 0) is 4.74 Å². The fourth-order valence-corrected chi connectivity index (χ4v) is 1.72. The first kappa shape index (κ1) is 14.7. The van der Waals surface area contributed by atoms with Gasteiger partial charge in [-0.2, -0.15) is 0 Å². The molecule has 0 spiro atoms. The molecule has 1 aromatic rings. The van der Waals surface area contributed by atoms with Gasteiger partial charge in [0.2, 0.25) is 0 Å². The number of rotatable bonds is 8. The standard InChI is InChI=1S/C15H22O3/c1-2-3-4-8-11-14(16)12-18-15(17)13-9-6-5-7-10-13/h5-7,9-10,14,16H,2-4,8,11-12H2,1H3/t14-/m0/s1. The van der Waals surface area contributed by atoms with Crippen molar-refractivity contribution in [1.29, 1.82) is 0 Å². The van der Waals surface area contributed by atoms with Crippen LogP contribution >= 0.6 is 0 Å². The molecule has 0 radical (unpaired) electrons. The van der Waals surface area contributed by atoms with E-state index < -0.39 is 6.10 Å². The molecule has 3 heteroatoms. The van der Waals surface area contributed by atoms with E-state index in [2.05, 4.69) is 6.92 Å². The largest absolute Gasteiger partial charge is 0.459 e. The second-order valence-electron chi connectivity index (χ2n) is 4.47. The predicted octanol–water partition coefficient (Wildman–Crippen LogP) is 3.17. The van der Waals surface area contributed by atoms with Crippen LogP contribution in [0.15, 0.2) is 30.3 Å². The summed E-state index contributed by atoms with van der Waals surface area (Å²) >= 11 is 0. The van der Waals surface area contributed by atoms with Gasteiger partial charge in [-0.05, 0) is 18.6 Å². The lowest BCUT2D eigenvalue weighted by atomic mass is 10.1. The van der Waals surface area contributed by atoms with E-state index in [1.165, 1.54) is 12.8 Å². The molecular weight excluding hydrogens is 228 g/mol. The fraction of sp³-hybridized carbons (Fsp3) is 0.533. The zero-order valence-electron chi connectivity index (χ0n) is 11.0. The highest BCUT2D eigenvalue weighted by atomic mass is 16.5. The van der Waals surface area contributed by atoms with Gasteiger partial charge in [0.1, 0.15) is 6.61 Å². The molecule has 0 aromatic heterocycles. The first-order valence-electron chi connectivity index (χ1n) is 6.64.